The van der Waals surface area contributed by atoms with Crippen LogP contribution in [0.4, 0.5) is 15.8 Å². The number of halogens is 1. The molecule has 0 saturated carbocycles. The summed E-state index contributed by atoms with van der Waals surface area (Å²) in [5, 5.41) is 5.73. The second-order valence-corrected chi connectivity index (χ2v) is 7.26. The maximum atomic E-state index is 13.0. The minimum absolute atomic E-state index is 0.0153. The third-order valence-corrected chi connectivity index (χ3v) is 4.08. The number of benzene rings is 2. The van der Waals surface area contributed by atoms with E-state index in [4.69, 9.17) is 4.74 Å². The maximum Gasteiger partial charge on any atom is 0.244 e. The van der Waals surface area contributed by atoms with Crippen LogP contribution >= 0.6 is 0 Å². The van der Waals surface area contributed by atoms with Crippen molar-refractivity contribution in [1.82, 2.24) is 4.90 Å². The van der Waals surface area contributed by atoms with Gasteiger partial charge in [-0.25, -0.2) is 4.39 Å². The number of hydrogen-bond acceptors (Lipinski definition) is 4. The monoisotopic (exact) mass is 387 g/mol. The van der Waals surface area contributed by atoms with Gasteiger partial charge in [0.25, 0.3) is 0 Å². The molecular weight excluding hydrogens is 361 g/mol. The van der Waals surface area contributed by atoms with Crippen LogP contribution in [0.2, 0.25) is 0 Å². The van der Waals surface area contributed by atoms with E-state index in [1.807, 2.05) is 39.0 Å². The summed E-state index contributed by atoms with van der Waals surface area (Å²) in [4.78, 5) is 26.7. The number of nitrogens with zero attached hydrogens (tertiary/aromatic N) is 1. The molecule has 0 unspecified atom stereocenters. The fourth-order valence-corrected chi connectivity index (χ4v) is 2.63. The standard InChI is InChI=1S/C21H26FN3O3/c1-21(2,3)25(14-19(26)24-16-11-9-15(22)10-12-16)20(27)13-23-17-7-5-6-8-18(17)28-4/h5-12,23H,13-14H2,1-4H3,(H,24,26). The van der Waals surface area contributed by atoms with Crippen LogP contribution in [0.1, 0.15) is 20.8 Å². The van der Waals surface area contributed by atoms with Gasteiger partial charge in [0.15, 0.2) is 0 Å². The lowest BCUT2D eigenvalue weighted by Gasteiger charge is -2.35. The first-order valence-electron chi connectivity index (χ1n) is 8.93. The molecule has 150 valence electrons. The highest BCUT2D eigenvalue weighted by Gasteiger charge is 2.28. The van der Waals surface area contributed by atoms with Gasteiger partial charge in [-0.2, -0.15) is 0 Å². The normalized spacial score (nSPS) is 10.9. The lowest BCUT2D eigenvalue weighted by Crippen LogP contribution is -2.51. The zero-order chi connectivity index (χ0) is 20.7. The molecule has 0 radical (unpaired) electrons. The van der Waals surface area contributed by atoms with Crippen molar-refractivity contribution < 1.29 is 18.7 Å². The summed E-state index contributed by atoms with van der Waals surface area (Å²) in [6.07, 6.45) is 0. The Kier molecular flexibility index (Phi) is 6.98. The van der Waals surface area contributed by atoms with Crippen molar-refractivity contribution in [1.29, 1.82) is 0 Å². The minimum Gasteiger partial charge on any atom is -0.495 e. The highest BCUT2D eigenvalue weighted by molar-refractivity contribution is 5.95. The van der Waals surface area contributed by atoms with Gasteiger partial charge in [-0.3, -0.25) is 9.59 Å². The third kappa shape index (κ3) is 5.97. The van der Waals surface area contributed by atoms with E-state index in [1.54, 1.807) is 13.2 Å². The van der Waals surface area contributed by atoms with Crippen molar-refractivity contribution in [2.24, 2.45) is 0 Å². The molecule has 6 nitrogen and oxygen atoms in total. The van der Waals surface area contributed by atoms with Crippen molar-refractivity contribution >= 4 is 23.2 Å². The van der Waals surface area contributed by atoms with Crippen LogP contribution in [0, 0.1) is 5.82 Å². The van der Waals surface area contributed by atoms with E-state index in [2.05, 4.69) is 10.6 Å². The molecule has 0 fully saturated rings. The van der Waals surface area contributed by atoms with Crippen LogP contribution in [-0.2, 0) is 9.59 Å². The van der Waals surface area contributed by atoms with Gasteiger partial charge in [0.2, 0.25) is 11.8 Å². The number of para-hydroxylation sites is 2. The van der Waals surface area contributed by atoms with Gasteiger partial charge < -0.3 is 20.3 Å². The zero-order valence-electron chi connectivity index (χ0n) is 16.6. The number of rotatable bonds is 7. The molecule has 0 aliphatic rings. The average molecular weight is 387 g/mol. The molecule has 2 N–H and O–H groups in total. The summed E-state index contributed by atoms with van der Waals surface area (Å²) in [5.74, 6) is -0.335. The lowest BCUT2D eigenvalue weighted by atomic mass is 10.1. The smallest absolute Gasteiger partial charge is 0.244 e. The fourth-order valence-electron chi connectivity index (χ4n) is 2.63. The van der Waals surface area contributed by atoms with Crippen LogP contribution < -0.4 is 15.4 Å². The first-order chi connectivity index (χ1) is 13.2. The predicted molar refractivity (Wildman–Crippen MR) is 108 cm³/mol. The molecule has 0 heterocycles. The second kappa shape index (κ2) is 9.21. The second-order valence-electron chi connectivity index (χ2n) is 7.26. The Hall–Kier alpha value is -3.09. The average Bonchev–Trinajstić information content (AvgIpc) is 2.65. The Morgan fingerprint density at radius 3 is 2.32 bits per heavy atom. The SMILES string of the molecule is COc1ccccc1NCC(=O)N(CC(=O)Nc1ccc(F)cc1)C(C)(C)C. The molecule has 2 amide bonds. The quantitative estimate of drug-likeness (QED) is 0.763. The van der Waals surface area contributed by atoms with Gasteiger partial charge in [-0.05, 0) is 57.2 Å². The number of carbonyl (C=O) groups is 2. The Labute approximate surface area is 164 Å². The Morgan fingerprint density at radius 1 is 1.07 bits per heavy atom. The Morgan fingerprint density at radius 2 is 1.71 bits per heavy atom. The number of methoxy groups -OCH3 is 1. The van der Waals surface area contributed by atoms with E-state index in [0.29, 0.717) is 17.1 Å². The number of ether oxygens (including phenoxy) is 1. The van der Waals surface area contributed by atoms with Crippen LogP contribution in [0.15, 0.2) is 48.5 Å². The number of nitrogens with one attached hydrogen (secondary N) is 2. The third-order valence-electron chi connectivity index (χ3n) is 4.08. The number of amides is 2. The van der Waals surface area contributed by atoms with E-state index >= 15 is 0 Å². The van der Waals surface area contributed by atoms with Gasteiger partial charge in [0, 0.05) is 11.2 Å². The molecule has 7 heteroatoms. The highest BCUT2D eigenvalue weighted by Crippen LogP contribution is 2.23. The first kappa shape index (κ1) is 21.2. The molecule has 28 heavy (non-hydrogen) atoms. The molecular formula is C21H26FN3O3. The molecule has 0 saturated heterocycles. The van der Waals surface area contributed by atoms with E-state index in [9.17, 15) is 14.0 Å². The summed E-state index contributed by atoms with van der Waals surface area (Å²) in [7, 11) is 1.56. The van der Waals surface area contributed by atoms with Crippen molar-refractivity contribution in [2.75, 3.05) is 30.8 Å². The van der Waals surface area contributed by atoms with Crippen LogP contribution in [-0.4, -0.2) is 42.5 Å². The predicted octanol–water partition coefficient (Wildman–Crippen LogP) is 3.51. The van der Waals surface area contributed by atoms with Crippen LogP contribution in [0.25, 0.3) is 0 Å². The van der Waals surface area contributed by atoms with E-state index in [0.717, 1.165) is 0 Å². The molecule has 0 atom stereocenters. The van der Waals surface area contributed by atoms with Crippen molar-refractivity contribution in [3.8, 4) is 5.75 Å². The molecule has 0 aromatic heterocycles. The minimum atomic E-state index is -0.556. The summed E-state index contributed by atoms with van der Waals surface area (Å²) >= 11 is 0. The van der Waals surface area contributed by atoms with Crippen molar-refractivity contribution in [3.05, 3.63) is 54.3 Å². The van der Waals surface area contributed by atoms with E-state index < -0.39 is 5.54 Å². The van der Waals surface area contributed by atoms with Gasteiger partial charge in [-0.15, -0.1) is 0 Å². The lowest BCUT2D eigenvalue weighted by molar-refractivity contribution is -0.137. The van der Waals surface area contributed by atoms with Crippen LogP contribution in [0.3, 0.4) is 0 Å². The first-order valence-corrected chi connectivity index (χ1v) is 8.93. The molecule has 2 aromatic carbocycles. The summed E-state index contributed by atoms with van der Waals surface area (Å²) in [5.41, 5.74) is 0.613. The van der Waals surface area contributed by atoms with E-state index in [1.165, 1.54) is 29.2 Å². The Bertz CT molecular complexity index is 816. The molecule has 0 aliphatic carbocycles. The topological polar surface area (TPSA) is 70.7 Å². The molecule has 2 aromatic rings. The summed E-state index contributed by atoms with van der Waals surface area (Å²) in [6.45, 7) is 5.48. The molecule has 0 aliphatic heterocycles. The Balaban J connectivity index is 2.02. The zero-order valence-corrected chi connectivity index (χ0v) is 16.6. The van der Waals surface area contributed by atoms with Crippen molar-refractivity contribution in [3.63, 3.8) is 0 Å². The van der Waals surface area contributed by atoms with Gasteiger partial charge in [-0.1, -0.05) is 12.1 Å². The fraction of sp³-hybridized carbons (Fsp3) is 0.333. The molecule has 2 rings (SSSR count). The number of carbonyl (C=O) groups excluding carboxylic acids is 2. The van der Waals surface area contributed by atoms with Crippen LogP contribution in [0.5, 0.6) is 5.75 Å². The van der Waals surface area contributed by atoms with Gasteiger partial charge >= 0.3 is 0 Å². The van der Waals surface area contributed by atoms with Crippen molar-refractivity contribution in [2.45, 2.75) is 26.3 Å². The highest BCUT2D eigenvalue weighted by atomic mass is 19.1. The van der Waals surface area contributed by atoms with Gasteiger partial charge in [0.05, 0.1) is 19.3 Å². The number of hydrogen-bond donors (Lipinski definition) is 2. The summed E-state index contributed by atoms with van der Waals surface area (Å²) < 4.78 is 18.3. The molecule has 0 spiro atoms. The largest absolute Gasteiger partial charge is 0.495 e. The van der Waals surface area contributed by atoms with E-state index in [-0.39, 0.29) is 30.7 Å². The van der Waals surface area contributed by atoms with Gasteiger partial charge in [0.1, 0.15) is 18.1 Å². The maximum absolute atomic E-state index is 13.0. The number of anilines is 2. The summed E-state index contributed by atoms with van der Waals surface area (Å²) in [6, 6.07) is 12.8. The molecule has 0 bridgehead atoms.